The molecule has 0 radical (unpaired) electrons. The van der Waals surface area contributed by atoms with Crippen LogP contribution in [0.1, 0.15) is 31.7 Å². The summed E-state index contributed by atoms with van der Waals surface area (Å²) in [7, 11) is 0. The molecule has 4 aromatic rings. The molecular formula is C31H25N3O4. The second-order valence-corrected chi connectivity index (χ2v) is 10.7. The first-order chi connectivity index (χ1) is 18.5. The molecule has 188 valence electrons. The molecular weight excluding hydrogens is 478 g/mol. The molecule has 4 atom stereocenters. The van der Waals surface area contributed by atoms with Crippen LogP contribution in [0.2, 0.25) is 0 Å². The standard InChI is InChI=1S/C31H25N3O4/c1-30-12-13-31(38-30,14-16-37-25-8-4-5-20-18-33-15-11-22(20)25)27-26(30)28(35)34(29(27)36)24-10-9-19(17-32)21-6-2-3-7-23(21)24/h2-11,15,18,26-27H,12-14,16H2,1H3/t26-,27+,30-,31-/m0/s1. The Hall–Kier alpha value is -4.28. The van der Waals surface area contributed by atoms with Gasteiger partial charge in [0, 0.05) is 40.4 Å². The molecule has 1 aromatic heterocycles. The zero-order valence-electron chi connectivity index (χ0n) is 20.9. The fourth-order valence-corrected chi connectivity index (χ4v) is 6.98. The van der Waals surface area contributed by atoms with Crippen LogP contribution in [0.5, 0.6) is 5.75 Å². The van der Waals surface area contributed by atoms with Gasteiger partial charge in [0.2, 0.25) is 11.8 Å². The first-order valence-electron chi connectivity index (χ1n) is 12.9. The van der Waals surface area contributed by atoms with Crippen LogP contribution in [-0.2, 0) is 14.3 Å². The fourth-order valence-electron chi connectivity index (χ4n) is 6.98. The lowest BCUT2D eigenvalue weighted by atomic mass is 9.67. The third-order valence-corrected chi connectivity index (χ3v) is 8.70. The van der Waals surface area contributed by atoms with Crippen molar-refractivity contribution in [3.05, 3.63) is 78.6 Å². The van der Waals surface area contributed by atoms with E-state index in [9.17, 15) is 14.9 Å². The van der Waals surface area contributed by atoms with Crippen LogP contribution in [0.25, 0.3) is 21.5 Å². The van der Waals surface area contributed by atoms with Gasteiger partial charge in [-0.1, -0.05) is 36.4 Å². The van der Waals surface area contributed by atoms with Crippen molar-refractivity contribution in [1.29, 1.82) is 5.26 Å². The van der Waals surface area contributed by atoms with Crippen molar-refractivity contribution in [2.45, 2.75) is 37.4 Å². The van der Waals surface area contributed by atoms with Gasteiger partial charge in [0.25, 0.3) is 0 Å². The highest BCUT2D eigenvalue weighted by molar-refractivity contribution is 6.26. The molecule has 3 aromatic carbocycles. The maximum Gasteiger partial charge on any atom is 0.240 e. The van der Waals surface area contributed by atoms with E-state index < -0.39 is 23.0 Å². The number of hydrogen-bond acceptors (Lipinski definition) is 6. The molecule has 0 saturated carbocycles. The molecule has 0 N–H and O–H groups in total. The Bertz CT molecular complexity index is 1690. The summed E-state index contributed by atoms with van der Waals surface area (Å²) in [6.07, 6.45) is 5.47. The number of nitrogens with zero attached hydrogens (tertiary/aromatic N) is 3. The molecule has 3 aliphatic heterocycles. The summed E-state index contributed by atoms with van der Waals surface area (Å²) in [5, 5.41) is 13.0. The SMILES string of the molecule is C[C@@]12CC[C@@](CCOc3cccc4cnccc34)(O1)[C@H]1C(=O)N(c3ccc(C#N)c4ccccc34)C(=O)[C@H]12. The van der Waals surface area contributed by atoms with Crippen LogP contribution in [-0.4, -0.2) is 34.6 Å². The van der Waals surface area contributed by atoms with E-state index in [1.165, 1.54) is 4.90 Å². The van der Waals surface area contributed by atoms with Gasteiger partial charge >= 0.3 is 0 Å². The van der Waals surface area contributed by atoms with Gasteiger partial charge in [-0.2, -0.15) is 5.26 Å². The van der Waals surface area contributed by atoms with Gasteiger partial charge in [-0.15, -0.1) is 0 Å². The largest absolute Gasteiger partial charge is 0.493 e. The number of carbonyl (C=O) groups excluding carboxylic acids is 2. The van der Waals surface area contributed by atoms with Crippen LogP contribution >= 0.6 is 0 Å². The summed E-state index contributed by atoms with van der Waals surface area (Å²) in [5.41, 5.74) is -0.408. The molecule has 0 spiro atoms. The number of rotatable bonds is 5. The third kappa shape index (κ3) is 3.07. The van der Waals surface area contributed by atoms with Crippen molar-refractivity contribution in [2.24, 2.45) is 11.8 Å². The molecule has 3 fully saturated rings. The minimum atomic E-state index is -0.755. The molecule has 0 unspecified atom stereocenters. The minimum Gasteiger partial charge on any atom is -0.493 e. The van der Waals surface area contributed by atoms with Crippen LogP contribution in [0, 0.1) is 23.2 Å². The first-order valence-corrected chi connectivity index (χ1v) is 12.9. The Balaban J connectivity index is 1.21. The van der Waals surface area contributed by atoms with E-state index in [2.05, 4.69) is 11.1 Å². The van der Waals surface area contributed by atoms with Gasteiger partial charge < -0.3 is 9.47 Å². The number of hydrogen-bond donors (Lipinski definition) is 0. The molecule has 3 saturated heterocycles. The van der Waals surface area contributed by atoms with Gasteiger partial charge in [-0.3, -0.25) is 14.6 Å². The molecule has 3 aliphatic rings. The number of imide groups is 1. The Morgan fingerprint density at radius 2 is 1.82 bits per heavy atom. The fraction of sp³-hybridized carbons (Fsp3) is 0.290. The molecule has 4 heterocycles. The summed E-state index contributed by atoms with van der Waals surface area (Å²) in [5.74, 6) is -0.794. The van der Waals surface area contributed by atoms with E-state index in [1.54, 1.807) is 24.5 Å². The summed E-state index contributed by atoms with van der Waals surface area (Å²) in [6.45, 7) is 2.32. The van der Waals surface area contributed by atoms with Gasteiger partial charge in [-0.05, 0) is 44.0 Å². The van der Waals surface area contributed by atoms with E-state index in [1.807, 2.05) is 55.5 Å². The van der Waals surface area contributed by atoms with Gasteiger partial charge in [0.05, 0.1) is 47.0 Å². The average Bonchev–Trinajstić information content (AvgIpc) is 3.52. The highest BCUT2D eigenvalue weighted by Crippen LogP contribution is 2.62. The number of ether oxygens (including phenoxy) is 2. The maximum absolute atomic E-state index is 14.1. The lowest BCUT2D eigenvalue weighted by Gasteiger charge is -2.31. The van der Waals surface area contributed by atoms with Crippen molar-refractivity contribution in [2.75, 3.05) is 11.5 Å². The molecule has 2 amide bonds. The van der Waals surface area contributed by atoms with Gasteiger partial charge in [-0.25, -0.2) is 4.90 Å². The number of nitriles is 1. The second-order valence-electron chi connectivity index (χ2n) is 10.7. The van der Waals surface area contributed by atoms with Crippen molar-refractivity contribution in [3.8, 4) is 11.8 Å². The van der Waals surface area contributed by atoms with Crippen molar-refractivity contribution >= 4 is 39.0 Å². The number of aromatic nitrogens is 1. The molecule has 7 heteroatoms. The Morgan fingerprint density at radius 3 is 2.66 bits per heavy atom. The molecule has 38 heavy (non-hydrogen) atoms. The van der Waals surface area contributed by atoms with E-state index >= 15 is 0 Å². The number of carbonyl (C=O) groups is 2. The third-order valence-electron chi connectivity index (χ3n) is 8.70. The minimum absolute atomic E-state index is 0.221. The Morgan fingerprint density at radius 1 is 1.00 bits per heavy atom. The normalized spacial score (nSPS) is 27.7. The summed E-state index contributed by atoms with van der Waals surface area (Å²) < 4.78 is 12.8. The van der Waals surface area contributed by atoms with Crippen molar-refractivity contribution in [1.82, 2.24) is 4.98 Å². The number of fused-ring (bicyclic) bond motifs is 7. The van der Waals surface area contributed by atoms with Crippen LogP contribution in [0.15, 0.2) is 73.1 Å². The zero-order valence-corrected chi connectivity index (χ0v) is 20.9. The predicted molar refractivity (Wildman–Crippen MR) is 141 cm³/mol. The monoisotopic (exact) mass is 503 g/mol. The van der Waals surface area contributed by atoms with Crippen LogP contribution in [0.3, 0.4) is 0 Å². The lowest BCUT2D eigenvalue weighted by molar-refractivity contribution is -0.131. The summed E-state index contributed by atoms with van der Waals surface area (Å²) >= 11 is 0. The summed E-state index contributed by atoms with van der Waals surface area (Å²) in [6, 6.07) is 20.8. The van der Waals surface area contributed by atoms with Crippen molar-refractivity contribution in [3.63, 3.8) is 0 Å². The second kappa shape index (κ2) is 8.11. The van der Waals surface area contributed by atoms with E-state index in [4.69, 9.17) is 9.47 Å². The first kappa shape index (κ1) is 22.9. The zero-order chi connectivity index (χ0) is 26.1. The van der Waals surface area contributed by atoms with E-state index in [0.717, 1.165) is 33.7 Å². The number of pyridine rings is 1. The van der Waals surface area contributed by atoms with Gasteiger partial charge in [0.15, 0.2) is 0 Å². The molecule has 7 rings (SSSR count). The molecule has 0 aliphatic carbocycles. The summed E-state index contributed by atoms with van der Waals surface area (Å²) in [4.78, 5) is 33.5. The number of anilines is 1. The Labute approximate surface area is 219 Å². The van der Waals surface area contributed by atoms with Gasteiger partial charge in [0.1, 0.15) is 5.75 Å². The lowest BCUT2D eigenvalue weighted by Crippen LogP contribution is -2.43. The molecule has 7 nitrogen and oxygen atoms in total. The van der Waals surface area contributed by atoms with E-state index in [-0.39, 0.29) is 11.8 Å². The van der Waals surface area contributed by atoms with Crippen molar-refractivity contribution < 1.29 is 19.1 Å². The number of benzene rings is 3. The highest BCUT2D eigenvalue weighted by atomic mass is 16.5. The van der Waals surface area contributed by atoms with E-state index in [0.29, 0.717) is 30.7 Å². The maximum atomic E-state index is 14.1. The average molecular weight is 504 g/mol. The van der Waals surface area contributed by atoms with Crippen LogP contribution < -0.4 is 9.64 Å². The number of amides is 2. The highest BCUT2D eigenvalue weighted by Gasteiger charge is 2.73. The topological polar surface area (TPSA) is 92.5 Å². The quantitative estimate of drug-likeness (QED) is 0.350. The predicted octanol–water partition coefficient (Wildman–Crippen LogP) is 5.16. The smallest absolute Gasteiger partial charge is 0.240 e. The molecule has 2 bridgehead atoms. The Kier molecular flexibility index (Phi) is 4.88. The van der Waals surface area contributed by atoms with Crippen LogP contribution in [0.4, 0.5) is 5.69 Å².